The molecule has 0 radical (unpaired) electrons. The summed E-state index contributed by atoms with van der Waals surface area (Å²) in [6, 6.07) is 3.26. The van der Waals surface area contributed by atoms with E-state index in [4.69, 9.17) is 16.7 Å². The summed E-state index contributed by atoms with van der Waals surface area (Å²) in [6.45, 7) is 3.52. The summed E-state index contributed by atoms with van der Waals surface area (Å²) in [7, 11) is 0. The Hall–Kier alpha value is -1.62. The Labute approximate surface area is 109 Å². The van der Waals surface area contributed by atoms with Crippen molar-refractivity contribution in [2.45, 2.75) is 13.8 Å². The van der Waals surface area contributed by atoms with E-state index in [2.05, 4.69) is 10.3 Å². The summed E-state index contributed by atoms with van der Waals surface area (Å²) in [4.78, 5) is 26.9. The van der Waals surface area contributed by atoms with E-state index >= 15 is 0 Å². The van der Waals surface area contributed by atoms with Crippen molar-refractivity contribution < 1.29 is 14.7 Å². The molecular weight excluding hydrogens is 256 g/mol. The fraction of sp³-hybridized carbons (Fsp3) is 0.417. The highest BCUT2D eigenvalue weighted by atomic mass is 35.5. The van der Waals surface area contributed by atoms with E-state index in [0.717, 1.165) is 0 Å². The lowest BCUT2D eigenvalue weighted by Crippen LogP contribution is -2.18. The second kappa shape index (κ2) is 4.24. The lowest BCUT2D eigenvalue weighted by molar-refractivity contribution is -0.140. The van der Waals surface area contributed by atoms with Gasteiger partial charge in [0, 0.05) is 6.20 Å². The van der Waals surface area contributed by atoms with Crippen LogP contribution < -0.4 is 5.32 Å². The van der Waals surface area contributed by atoms with Crippen LogP contribution in [0.15, 0.2) is 18.3 Å². The molecule has 1 aliphatic carbocycles. The number of rotatable bonds is 3. The molecule has 1 heterocycles. The van der Waals surface area contributed by atoms with Crippen molar-refractivity contribution in [3.8, 4) is 0 Å². The minimum absolute atomic E-state index is 0.260. The Kier molecular flexibility index (Phi) is 3.02. The third-order valence-corrected chi connectivity index (χ3v) is 3.68. The topological polar surface area (TPSA) is 79.3 Å². The third kappa shape index (κ3) is 2.06. The molecule has 2 atom stereocenters. The monoisotopic (exact) mass is 268 g/mol. The average molecular weight is 269 g/mol. The fourth-order valence-corrected chi connectivity index (χ4v) is 2.43. The van der Waals surface area contributed by atoms with E-state index in [1.807, 2.05) is 0 Å². The molecule has 1 aromatic heterocycles. The van der Waals surface area contributed by atoms with Crippen LogP contribution in [0.4, 0.5) is 5.82 Å². The van der Waals surface area contributed by atoms with Crippen molar-refractivity contribution in [2.24, 2.45) is 17.3 Å². The second-order valence-corrected chi connectivity index (χ2v) is 5.35. The van der Waals surface area contributed by atoms with Crippen molar-refractivity contribution in [2.75, 3.05) is 5.32 Å². The van der Waals surface area contributed by atoms with Gasteiger partial charge in [-0.15, -0.1) is 0 Å². The molecule has 0 bridgehead atoms. The van der Waals surface area contributed by atoms with Crippen LogP contribution in [0.25, 0.3) is 0 Å². The first-order valence-corrected chi connectivity index (χ1v) is 5.87. The molecule has 1 aromatic rings. The summed E-state index contributed by atoms with van der Waals surface area (Å²) in [5.74, 6) is -2.25. The van der Waals surface area contributed by atoms with Gasteiger partial charge in [0.25, 0.3) is 0 Å². The van der Waals surface area contributed by atoms with Crippen molar-refractivity contribution in [1.82, 2.24) is 4.98 Å². The van der Waals surface area contributed by atoms with Crippen LogP contribution in [0.5, 0.6) is 0 Å². The predicted molar refractivity (Wildman–Crippen MR) is 66.3 cm³/mol. The number of pyridine rings is 1. The van der Waals surface area contributed by atoms with Gasteiger partial charge in [0.05, 0.1) is 16.9 Å². The summed E-state index contributed by atoms with van der Waals surface area (Å²) < 4.78 is 0. The number of carboxylic acids is 1. The van der Waals surface area contributed by atoms with Crippen molar-refractivity contribution in [3.63, 3.8) is 0 Å². The first kappa shape index (κ1) is 12.8. The molecule has 0 aromatic carbocycles. The Morgan fingerprint density at radius 3 is 2.61 bits per heavy atom. The lowest BCUT2D eigenvalue weighted by atomic mass is 10.1. The maximum absolute atomic E-state index is 12.0. The molecule has 0 saturated heterocycles. The van der Waals surface area contributed by atoms with Crippen LogP contribution >= 0.6 is 11.6 Å². The molecule has 1 fully saturated rings. The number of anilines is 1. The van der Waals surface area contributed by atoms with Crippen molar-refractivity contribution in [1.29, 1.82) is 0 Å². The van der Waals surface area contributed by atoms with Crippen molar-refractivity contribution in [3.05, 3.63) is 23.4 Å². The molecule has 6 heteroatoms. The summed E-state index contributed by atoms with van der Waals surface area (Å²) in [6.07, 6.45) is 1.51. The van der Waals surface area contributed by atoms with Crippen LogP contribution in [0.1, 0.15) is 13.8 Å². The third-order valence-electron chi connectivity index (χ3n) is 3.38. The number of carbonyl (C=O) groups is 2. The van der Waals surface area contributed by atoms with Gasteiger partial charge in [0.1, 0.15) is 0 Å². The number of carbonyl (C=O) groups excluding carboxylic acids is 1. The van der Waals surface area contributed by atoms with Crippen LogP contribution in [-0.4, -0.2) is 22.0 Å². The minimum Gasteiger partial charge on any atom is -0.481 e. The van der Waals surface area contributed by atoms with Crippen LogP contribution in [-0.2, 0) is 9.59 Å². The van der Waals surface area contributed by atoms with Gasteiger partial charge < -0.3 is 10.4 Å². The number of hydrogen-bond donors (Lipinski definition) is 2. The molecule has 2 N–H and O–H groups in total. The number of aromatic nitrogens is 1. The SMILES string of the molecule is CC1(C)[C@H](C(=O)O)[C@@H]1C(=O)Nc1ncccc1Cl. The quantitative estimate of drug-likeness (QED) is 0.879. The highest BCUT2D eigenvalue weighted by Gasteiger charge is 2.65. The van der Waals surface area contributed by atoms with E-state index in [0.29, 0.717) is 5.02 Å². The Bertz CT molecular complexity index is 516. The van der Waals surface area contributed by atoms with E-state index in [1.54, 1.807) is 26.0 Å². The number of carboxylic acid groups (broad SMARTS) is 1. The van der Waals surface area contributed by atoms with E-state index in [9.17, 15) is 9.59 Å². The van der Waals surface area contributed by atoms with Gasteiger partial charge in [-0.1, -0.05) is 25.4 Å². The largest absolute Gasteiger partial charge is 0.481 e. The van der Waals surface area contributed by atoms with Gasteiger partial charge in [-0.05, 0) is 17.5 Å². The molecule has 1 aliphatic rings. The molecule has 1 saturated carbocycles. The molecule has 18 heavy (non-hydrogen) atoms. The molecule has 5 nitrogen and oxygen atoms in total. The Balaban J connectivity index is 2.11. The van der Waals surface area contributed by atoms with Gasteiger partial charge in [0.2, 0.25) is 5.91 Å². The Morgan fingerprint density at radius 1 is 1.44 bits per heavy atom. The van der Waals surface area contributed by atoms with E-state index in [1.165, 1.54) is 6.20 Å². The van der Waals surface area contributed by atoms with Gasteiger partial charge in [0.15, 0.2) is 5.82 Å². The molecule has 96 valence electrons. The standard InChI is InChI=1S/C12H13ClN2O3/c1-12(2)7(8(12)11(17)18)10(16)15-9-6(13)4-3-5-14-9/h3-5,7-8H,1-2H3,(H,17,18)(H,14,15,16)/t7-,8+/m1/s1. The van der Waals surface area contributed by atoms with Crippen molar-refractivity contribution >= 4 is 29.3 Å². The summed E-state index contributed by atoms with van der Waals surface area (Å²) in [5.41, 5.74) is -0.531. The molecule has 0 aliphatic heterocycles. The van der Waals surface area contributed by atoms with Crippen LogP contribution in [0.3, 0.4) is 0 Å². The van der Waals surface area contributed by atoms with Gasteiger partial charge in [-0.25, -0.2) is 4.98 Å². The van der Waals surface area contributed by atoms with E-state index < -0.39 is 23.2 Å². The molecule has 0 spiro atoms. The van der Waals surface area contributed by atoms with Gasteiger partial charge in [-0.3, -0.25) is 9.59 Å². The number of hydrogen-bond acceptors (Lipinski definition) is 3. The van der Waals surface area contributed by atoms with Crippen LogP contribution in [0, 0.1) is 17.3 Å². The highest BCUT2D eigenvalue weighted by molar-refractivity contribution is 6.33. The maximum atomic E-state index is 12.0. The summed E-state index contributed by atoms with van der Waals surface area (Å²) >= 11 is 5.87. The van der Waals surface area contributed by atoms with E-state index in [-0.39, 0.29) is 11.7 Å². The molecule has 1 amide bonds. The predicted octanol–water partition coefficient (Wildman–Crippen LogP) is 2.03. The second-order valence-electron chi connectivity index (χ2n) is 4.94. The molecular formula is C12H13ClN2O3. The maximum Gasteiger partial charge on any atom is 0.307 e. The lowest BCUT2D eigenvalue weighted by Gasteiger charge is -2.06. The van der Waals surface area contributed by atoms with Crippen LogP contribution in [0.2, 0.25) is 5.02 Å². The normalized spacial score (nSPS) is 24.4. The Morgan fingerprint density at radius 2 is 2.11 bits per heavy atom. The average Bonchev–Trinajstić information content (AvgIpc) is 2.85. The number of aliphatic carboxylic acids is 1. The number of halogens is 1. The molecule has 0 unspecified atom stereocenters. The first-order valence-electron chi connectivity index (χ1n) is 5.50. The zero-order chi connectivity index (χ0) is 13.5. The fourth-order valence-electron chi connectivity index (χ4n) is 2.26. The zero-order valence-corrected chi connectivity index (χ0v) is 10.7. The highest BCUT2D eigenvalue weighted by Crippen LogP contribution is 2.58. The summed E-state index contributed by atoms with van der Waals surface area (Å²) in [5, 5.41) is 11.9. The number of nitrogens with zero attached hydrogens (tertiary/aromatic N) is 1. The van der Waals surface area contributed by atoms with Gasteiger partial charge >= 0.3 is 5.97 Å². The van der Waals surface area contributed by atoms with Gasteiger partial charge in [-0.2, -0.15) is 0 Å². The smallest absolute Gasteiger partial charge is 0.307 e. The zero-order valence-electron chi connectivity index (χ0n) is 9.98. The number of amides is 1. The minimum atomic E-state index is -0.952. The molecule has 2 rings (SSSR count). The first-order chi connectivity index (χ1) is 8.35. The number of nitrogens with one attached hydrogen (secondary N) is 1.